The number of hydrogen-bond donors (Lipinski definition) is 0. The molecule has 3 unspecified atom stereocenters. The second-order valence-corrected chi connectivity index (χ2v) is 10.6. The molecule has 0 aromatic heterocycles. The Morgan fingerprint density at radius 2 is 1.60 bits per heavy atom. The summed E-state index contributed by atoms with van der Waals surface area (Å²) in [4.78, 5) is 0. The molecule has 0 amide bonds. The van der Waals surface area contributed by atoms with Gasteiger partial charge in [0.2, 0.25) is 0 Å². The summed E-state index contributed by atoms with van der Waals surface area (Å²) >= 11 is 0. The Labute approximate surface area is 153 Å². The third-order valence-electron chi connectivity index (χ3n) is 9.88. The fraction of sp³-hybridized carbons (Fsp3) is 1.00. The van der Waals surface area contributed by atoms with E-state index in [9.17, 15) is 8.78 Å². The van der Waals surface area contributed by atoms with Gasteiger partial charge in [0.25, 0.3) is 0 Å². The van der Waals surface area contributed by atoms with Crippen LogP contribution < -0.4 is 0 Å². The molecule has 4 fully saturated rings. The van der Waals surface area contributed by atoms with Crippen LogP contribution >= 0.6 is 0 Å². The zero-order valence-corrected chi connectivity index (χ0v) is 16.4. The minimum atomic E-state index is -0.140. The Morgan fingerprint density at radius 1 is 0.840 bits per heavy atom. The van der Waals surface area contributed by atoms with Crippen molar-refractivity contribution in [1.29, 1.82) is 0 Å². The molecule has 0 spiro atoms. The molecule has 0 bridgehead atoms. The van der Waals surface area contributed by atoms with E-state index < -0.39 is 0 Å². The highest BCUT2D eigenvalue weighted by Crippen LogP contribution is 2.68. The first-order valence-corrected chi connectivity index (χ1v) is 11.1. The van der Waals surface area contributed by atoms with Gasteiger partial charge in [-0.25, -0.2) is 0 Å². The highest BCUT2D eigenvalue weighted by atomic mass is 19.1. The quantitative estimate of drug-likeness (QED) is 0.512. The van der Waals surface area contributed by atoms with Crippen molar-refractivity contribution in [3.63, 3.8) is 0 Å². The van der Waals surface area contributed by atoms with E-state index in [-0.39, 0.29) is 13.3 Å². The lowest BCUT2D eigenvalue weighted by atomic mass is 9.44. The van der Waals surface area contributed by atoms with E-state index in [0.717, 1.165) is 55.3 Å². The Morgan fingerprint density at radius 3 is 2.36 bits per heavy atom. The molecule has 4 rings (SSSR count). The largest absolute Gasteiger partial charge is 0.251 e. The molecule has 25 heavy (non-hydrogen) atoms. The fourth-order valence-corrected chi connectivity index (χ4v) is 8.39. The van der Waals surface area contributed by atoms with Gasteiger partial charge in [-0.2, -0.15) is 0 Å². The maximum atomic E-state index is 13.2. The summed E-state index contributed by atoms with van der Waals surface area (Å²) in [6.07, 6.45) is 13.6. The van der Waals surface area contributed by atoms with Crippen molar-refractivity contribution in [2.75, 3.05) is 13.3 Å². The molecule has 0 saturated heterocycles. The first-order chi connectivity index (χ1) is 12.0. The van der Waals surface area contributed by atoms with E-state index in [1.807, 2.05) is 0 Å². The summed E-state index contributed by atoms with van der Waals surface area (Å²) in [6, 6.07) is 0. The summed E-state index contributed by atoms with van der Waals surface area (Å²) in [5.41, 5.74) is 0.961. The van der Waals surface area contributed by atoms with Gasteiger partial charge in [0.1, 0.15) is 0 Å². The predicted molar refractivity (Wildman–Crippen MR) is 99.9 cm³/mol. The van der Waals surface area contributed by atoms with Crippen molar-refractivity contribution >= 4 is 0 Å². The molecule has 8 atom stereocenters. The van der Waals surface area contributed by atoms with Gasteiger partial charge in [-0.3, -0.25) is 8.78 Å². The van der Waals surface area contributed by atoms with Crippen LogP contribution in [0.3, 0.4) is 0 Å². The molecule has 0 aliphatic heterocycles. The van der Waals surface area contributed by atoms with Crippen LogP contribution in [0.15, 0.2) is 0 Å². The molecule has 0 N–H and O–H groups in total. The standard InChI is InChI=1S/C23H38F2/c1-22-12-10-21-19(20(22)8-6-17(22)4-3-13-24)7-5-18-14-16(15-25)9-11-23(18,21)2/h16-21H,3-15H2,1-2H3/t16-,17?,18+,19-,20?,21?,22+,23-/m0/s1. The molecule has 0 heterocycles. The zero-order valence-electron chi connectivity index (χ0n) is 16.4. The van der Waals surface area contributed by atoms with Gasteiger partial charge >= 0.3 is 0 Å². The highest BCUT2D eigenvalue weighted by Gasteiger charge is 2.59. The van der Waals surface area contributed by atoms with Crippen molar-refractivity contribution < 1.29 is 8.78 Å². The molecule has 0 nitrogen and oxygen atoms in total. The lowest BCUT2D eigenvalue weighted by molar-refractivity contribution is -0.119. The molecule has 4 aliphatic carbocycles. The average molecular weight is 353 g/mol. The van der Waals surface area contributed by atoms with Crippen molar-refractivity contribution in [3.05, 3.63) is 0 Å². The Bertz CT molecular complexity index is 477. The smallest absolute Gasteiger partial charge is 0.0922 e. The van der Waals surface area contributed by atoms with Crippen LogP contribution in [-0.2, 0) is 0 Å². The van der Waals surface area contributed by atoms with E-state index in [1.165, 1.54) is 44.9 Å². The number of halogens is 2. The van der Waals surface area contributed by atoms with E-state index in [4.69, 9.17) is 0 Å². The van der Waals surface area contributed by atoms with Crippen LogP contribution in [0.2, 0.25) is 0 Å². The second-order valence-electron chi connectivity index (χ2n) is 10.6. The summed E-state index contributed by atoms with van der Waals surface area (Å²) in [7, 11) is 0. The summed E-state index contributed by atoms with van der Waals surface area (Å²) < 4.78 is 26.0. The second kappa shape index (κ2) is 6.79. The van der Waals surface area contributed by atoms with E-state index in [0.29, 0.717) is 16.7 Å². The number of hydrogen-bond acceptors (Lipinski definition) is 0. The van der Waals surface area contributed by atoms with Gasteiger partial charge < -0.3 is 0 Å². The average Bonchev–Trinajstić information content (AvgIpc) is 2.95. The Balaban J connectivity index is 1.52. The van der Waals surface area contributed by atoms with Crippen LogP contribution in [0.1, 0.15) is 84.5 Å². The number of alkyl halides is 2. The zero-order chi connectivity index (χ0) is 17.7. The van der Waals surface area contributed by atoms with Crippen molar-refractivity contribution in [1.82, 2.24) is 0 Å². The summed E-state index contributed by atoms with van der Waals surface area (Å²) in [5.74, 6) is 4.55. The Kier molecular flexibility index (Phi) is 4.95. The SMILES string of the molecule is C[C@]12CCC3[C@@H](CC[C@@H]4C[C@@H](CF)CC[C@]34C)C1CCC2CCCF. The third kappa shape index (κ3) is 2.80. The molecule has 144 valence electrons. The van der Waals surface area contributed by atoms with Gasteiger partial charge in [0.15, 0.2) is 0 Å². The molecule has 0 aromatic carbocycles. The first kappa shape index (κ1) is 18.2. The normalized spacial score (nSPS) is 52.3. The maximum Gasteiger partial charge on any atom is 0.0922 e. The van der Waals surface area contributed by atoms with Crippen LogP contribution in [0, 0.1) is 46.3 Å². The van der Waals surface area contributed by atoms with Crippen LogP contribution in [-0.4, -0.2) is 13.3 Å². The summed E-state index contributed by atoms with van der Waals surface area (Å²) in [6.45, 7) is 4.88. The highest BCUT2D eigenvalue weighted by molar-refractivity contribution is 5.09. The van der Waals surface area contributed by atoms with Crippen molar-refractivity contribution in [2.24, 2.45) is 46.3 Å². The molecule has 4 saturated carbocycles. The third-order valence-corrected chi connectivity index (χ3v) is 9.88. The Hall–Kier alpha value is -0.140. The van der Waals surface area contributed by atoms with Gasteiger partial charge in [0.05, 0.1) is 13.3 Å². The first-order valence-electron chi connectivity index (χ1n) is 11.1. The molecule has 0 radical (unpaired) electrons. The van der Waals surface area contributed by atoms with E-state index in [2.05, 4.69) is 13.8 Å². The van der Waals surface area contributed by atoms with Crippen LogP contribution in [0.5, 0.6) is 0 Å². The maximum absolute atomic E-state index is 13.2. The lowest BCUT2D eigenvalue weighted by Crippen LogP contribution is -2.53. The molecular formula is C23H38F2. The van der Waals surface area contributed by atoms with Gasteiger partial charge in [-0.15, -0.1) is 0 Å². The van der Waals surface area contributed by atoms with E-state index >= 15 is 0 Å². The minimum absolute atomic E-state index is 0.0996. The summed E-state index contributed by atoms with van der Waals surface area (Å²) in [5, 5.41) is 0. The topological polar surface area (TPSA) is 0 Å². The van der Waals surface area contributed by atoms with Gasteiger partial charge in [0, 0.05) is 0 Å². The number of rotatable bonds is 4. The molecule has 2 heteroatoms. The molecular weight excluding hydrogens is 314 g/mol. The monoisotopic (exact) mass is 352 g/mol. The fourth-order valence-electron chi connectivity index (χ4n) is 8.39. The lowest BCUT2D eigenvalue weighted by Gasteiger charge is -2.61. The van der Waals surface area contributed by atoms with Crippen molar-refractivity contribution in [3.8, 4) is 0 Å². The molecule has 4 aliphatic rings. The van der Waals surface area contributed by atoms with E-state index in [1.54, 1.807) is 0 Å². The van der Waals surface area contributed by atoms with Gasteiger partial charge in [-0.1, -0.05) is 13.8 Å². The molecule has 0 aromatic rings. The number of fused-ring (bicyclic) bond motifs is 5. The predicted octanol–water partition coefficient (Wildman–Crippen LogP) is 6.98. The van der Waals surface area contributed by atoms with Crippen LogP contribution in [0.25, 0.3) is 0 Å². The van der Waals surface area contributed by atoms with Gasteiger partial charge in [-0.05, 0) is 117 Å². The minimum Gasteiger partial charge on any atom is -0.251 e. The van der Waals surface area contributed by atoms with Crippen molar-refractivity contribution in [2.45, 2.75) is 84.5 Å². The van der Waals surface area contributed by atoms with Crippen LogP contribution in [0.4, 0.5) is 8.78 Å².